The smallest absolute Gasteiger partial charge is 0.238 e. The second-order valence-corrected chi connectivity index (χ2v) is 7.57. The molecule has 4 nitrogen and oxygen atoms in total. The van der Waals surface area contributed by atoms with Crippen molar-refractivity contribution in [3.05, 3.63) is 23.8 Å². The fourth-order valence-electron chi connectivity index (χ4n) is 3.02. The molecule has 1 aromatic rings. The first-order valence-corrected chi connectivity index (χ1v) is 8.78. The summed E-state index contributed by atoms with van der Waals surface area (Å²) in [5.41, 5.74) is 1.52. The number of sulfonamides is 1. The number of hydrogen-bond acceptors (Lipinski definition) is 3. The maximum atomic E-state index is 11.5. The van der Waals surface area contributed by atoms with Crippen LogP contribution in [0.5, 0.6) is 0 Å². The zero-order valence-corrected chi connectivity index (χ0v) is 13.0. The van der Waals surface area contributed by atoms with Crippen molar-refractivity contribution in [3.8, 4) is 0 Å². The Bertz CT molecular complexity index is 569. The largest absolute Gasteiger partial charge is 0.385 e. The summed E-state index contributed by atoms with van der Waals surface area (Å²) < 4.78 is 23.0. The monoisotopic (exact) mass is 296 g/mol. The highest BCUT2D eigenvalue weighted by atomic mass is 32.2. The molecule has 2 unspecified atom stereocenters. The van der Waals surface area contributed by atoms with E-state index in [0.29, 0.717) is 11.5 Å². The Morgan fingerprint density at radius 3 is 2.75 bits per heavy atom. The van der Waals surface area contributed by atoms with Crippen LogP contribution >= 0.6 is 0 Å². The van der Waals surface area contributed by atoms with Gasteiger partial charge in [0.1, 0.15) is 0 Å². The Labute approximate surface area is 121 Å². The van der Waals surface area contributed by atoms with Crippen LogP contribution in [0.1, 0.15) is 38.2 Å². The molecule has 0 radical (unpaired) electrons. The molecular formula is C15H24N2O2S. The Hall–Kier alpha value is -1.07. The van der Waals surface area contributed by atoms with Crippen LogP contribution < -0.4 is 10.5 Å². The van der Waals surface area contributed by atoms with Crippen LogP contribution in [0.15, 0.2) is 23.1 Å². The standard InChI is InChI=1S/C15H24N2O2S/c1-11-4-3-5-13(8-11)10-17-14-7-6-12(2)15(9-14)20(16,18)19/h6-7,9,11,13,17H,3-5,8,10H2,1-2H3,(H2,16,18,19). The number of hydrogen-bond donors (Lipinski definition) is 2. The summed E-state index contributed by atoms with van der Waals surface area (Å²) in [4.78, 5) is 0.208. The van der Waals surface area contributed by atoms with E-state index in [1.165, 1.54) is 25.7 Å². The van der Waals surface area contributed by atoms with E-state index in [1.807, 2.05) is 6.07 Å². The number of nitrogens with two attached hydrogens (primary N) is 1. The van der Waals surface area contributed by atoms with Gasteiger partial charge >= 0.3 is 0 Å². The zero-order valence-electron chi connectivity index (χ0n) is 12.2. The van der Waals surface area contributed by atoms with E-state index in [4.69, 9.17) is 5.14 Å². The van der Waals surface area contributed by atoms with Gasteiger partial charge in [0, 0.05) is 12.2 Å². The lowest BCUT2D eigenvalue weighted by Gasteiger charge is -2.27. The third-order valence-corrected chi connectivity index (χ3v) is 5.19. The van der Waals surface area contributed by atoms with Crippen LogP contribution in [0.2, 0.25) is 0 Å². The van der Waals surface area contributed by atoms with Gasteiger partial charge in [-0.25, -0.2) is 13.6 Å². The summed E-state index contributed by atoms with van der Waals surface area (Å²) >= 11 is 0. The molecule has 112 valence electrons. The lowest BCUT2D eigenvalue weighted by molar-refractivity contribution is 0.293. The van der Waals surface area contributed by atoms with Crippen molar-refractivity contribution in [2.75, 3.05) is 11.9 Å². The molecule has 3 N–H and O–H groups in total. The first-order valence-electron chi connectivity index (χ1n) is 7.23. The molecule has 0 spiro atoms. The van der Waals surface area contributed by atoms with Gasteiger partial charge in [0.25, 0.3) is 0 Å². The molecule has 0 aromatic heterocycles. The van der Waals surface area contributed by atoms with Crippen molar-refractivity contribution >= 4 is 15.7 Å². The zero-order chi connectivity index (χ0) is 14.8. The van der Waals surface area contributed by atoms with E-state index in [2.05, 4.69) is 12.2 Å². The van der Waals surface area contributed by atoms with Crippen LogP contribution in [-0.4, -0.2) is 15.0 Å². The summed E-state index contributed by atoms with van der Waals surface area (Å²) in [6.45, 7) is 4.96. The predicted octanol–water partition coefficient (Wildman–Crippen LogP) is 2.88. The van der Waals surface area contributed by atoms with Gasteiger partial charge < -0.3 is 5.32 Å². The number of anilines is 1. The van der Waals surface area contributed by atoms with Crippen LogP contribution in [0.25, 0.3) is 0 Å². The van der Waals surface area contributed by atoms with E-state index in [1.54, 1.807) is 19.1 Å². The van der Waals surface area contributed by atoms with Gasteiger partial charge in [-0.05, 0) is 49.3 Å². The van der Waals surface area contributed by atoms with Crippen molar-refractivity contribution in [2.24, 2.45) is 17.0 Å². The van der Waals surface area contributed by atoms with E-state index in [0.717, 1.165) is 18.2 Å². The molecule has 1 aliphatic carbocycles. The van der Waals surface area contributed by atoms with Gasteiger partial charge in [-0.2, -0.15) is 0 Å². The quantitative estimate of drug-likeness (QED) is 0.897. The average molecular weight is 296 g/mol. The minimum absolute atomic E-state index is 0.208. The van der Waals surface area contributed by atoms with E-state index in [9.17, 15) is 8.42 Å². The number of rotatable bonds is 4. The van der Waals surface area contributed by atoms with Gasteiger partial charge in [0.2, 0.25) is 10.0 Å². The molecule has 1 aliphatic rings. The highest BCUT2D eigenvalue weighted by Crippen LogP contribution is 2.29. The van der Waals surface area contributed by atoms with Crippen LogP contribution in [0, 0.1) is 18.8 Å². The van der Waals surface area contributed by atoms with E-state index in [-0.39, 0.29) is 4.90 Å². The molecular weight excluding hydrogens is 272 g/mol. The predicted molar refractivity (Wildman–Crippen MR) is 82.2 cm³/mol. The molecule has 1 saturated carbocycles. The highest BCUT2D eigenvalue weighted by molar-refractivity contribution is 7.89. The highest BCUT2D eigenvalue weighted by Gasteiger charge is 2.19. The molecule has 0 saturated heterocycles. The third-order valence-electron chi connectivity index (χ3n) is 4.13. The lowest BCUT2D eigenvalue weighted by Crippen LogP contribution is -2.21. The summed E-state index contributed by atoms with van der Waals surface area (Å²) in [5.74, 6) is 1.48. The Morgan fingerprint density at radius 1 is 1.35 bits per heavy atom. The van der Waals surface area contributed by atoms with Gasteiger partial charge in [-0.1, -0.05) is 25.8 Å². The molecule has 2 rings (SSSR count). The molecule has 2 atom stereocenters. The fourth-order valence-corrected chi connectivity index (χ4v) is 3.83. The van der Waals surface area contributed by atoms with Crippen molar-refractivity contribution in [3.63, 3.8) is 0 Å². The van der Waals surface area contributed by atoms with Crippen LogP contribution in [0.4, 0.5) is 5.69 Å². The minimum Gasteiger partial charge on any atom is -0.385 e. The first kappa shape index (κ1) is 15.3. The number of benzene rings is 1. The molecule has 1 fully saturated rings. The SMILES string of the molecule is Cc1ccc(NCC2CCCC(C)C2)cc1S(N)(=O)=O. The second kappa shape index (κ2) is 6.14. The number of nitrogens with one attached hydrogen (secondary N) is 1. The number of aryl methyl sites for hydroxylation is 1. The maximum absolute atomic E-state index is 11.5. The normalized spacial score (nSPS) is 23.6. The summed E-state index contributed by atoms with van der Waals surface area (Å²) in [6, 6.07) is 5.35. The minimum atomic E-state index is -3.65. The van der Waals surface area contributed by atoms with Crippen molar-refractivity contribution in [1.82, 2.24) is 0 Å². The van der Waals surface area contributed by atoms with Gasteiger partial charge in [0.05, 0.1) is 4.90 Å². The van der Waals surface area contributed by atoms with Crippen molar-refractivity contribution in [2.45, 2.75) is 44.4 Å². The molecule has 1 aromatic carbocycles. The number of primary sulfonamides is 1. The Balaban J connectivity index is 2.03. The molecule has 0 amide bonds. The molecule has 0 heterocycles. The van der Waals surface area contributed by atoms with Crippen molar-refractivity contribution < 1.29 is 8.42 Å². The van der Waals surface area contributed by atoms with Crippen molar-refractivity contribution in [1.29, 1.82) is 0 Å². The fraction of sp³-hybridized carbons (Fsp3) is 0.600. The average Bonchev–Trinajstić information content (AvgIpc) is 2.36. The van der Waals surface area contributed by atoms with Crippen LogP contribution in [-0.2, 0) is 10.0 Å². The molecule has 0 aliphatic heterocycles. The summed E-state index contributed by atoms with van der Waals surface area (Å²) in [7, 11) is -3.65. The van der Waals surface area contributed by atoms with Gasteiger partial charge in [-0.3, -0.25) is 0 Å². The summed E-state index contributed by atoms with van der Waals surface area (Å²) in [6.07, 6.45) is 5.13. The first-order chi connectivity index (χ1) is 9.36. The van der Waals surface area contributed by atoms with E-state index >= 15 is 0 Å². The second-order valence-electron chi connectivity index (χ2n) is 6.04. The summed E-state index contributed by atoms with van der Waals surface area (Å²) in [5, 5.41) is 8.58. The molecule has 20 heavy (non-hydrogen) atoms. The lowest BCUT2D eigenvalue weighted by atomic mass is 9.82. The van der Waals surface area contributed by atoms with Gasteiger partial charge in [-0.15, -0.1) is 0 Å². The van der Waals surface area contributed by atoms with Crippen LogP contribution in [0.3, 0.4) is 0 Å². The van der Waals surface area contributed by atoms with E-state index < -0.39 is 10.0 Å². The van der Waals surface area contributed by atoms with Gasteiger partial charge in [0.15, 0.2) is 0 Å². The Morgan fingerprint density at radius 2 is 2.10 bits per heavy atom. The Kier molecular flexibility index (Phi) is 4.70. The topological polar surface area (TPSA) is 72.2 Å². The maximum Gasteiger partial charge on any atom is 0.238 e. The molecule has 5 heteroatoms. The molecule has 0 bridgehead atoms. The third kappa shape index (κ3) is 3.96.